The highest BCUT2D eigenvalue weighted by Crippen LogP contribution is 2.37. The molecule has 0 radical (unpaired) electrons. The van der Waals surface area contributed by atoms with Crippen molar-refractivity contribution in [2.45, 2.75) is 18.6 Å². The second-order valence-electron chi connectivity index (χ2n) is 10.1. The predicted octanol–water partition coefficient (Wildman–Crippen LogP) is 6.55. The number of nitrogens with zero attached hydrogens (tertiary/aromatic N) is 5. The molecule has 4 aromatic rings. The van der Waals surface area contributed by atoms with Crippen molar-refractivity contribution < 1.29 is 22.7 Å². The Balaban J connectivity index is 1.44. The van der Waals surface area contributed by atoms with Crippen molar-refractivity contribution in [3.8, 4) is 22.9 Å². The van der Waals surface area contributed by atoms with Gasteiger partial charge in [0.25, 0.3) is 5.91 Å². The number of likely N-dealkylation sites (tertiary alicyclic amines) is 1. The molecule has 1 atom stereocenters. The van der Waals surface area contributed by atoms with Gasteiger partial charge in [-0.1, -0.05) is 15.9 Å². The Labute approximate surface area is 255 Å². The lowest BCUT2D eigenvalue weighted by molar-refractivity contribution is -0.137. The fraction of sp³-hybridized carbons (Fsp3) is 0.267. The van der Waals surface area contributed by atoms with Gasteiger partial charge in [0.05, 0.1) is 28.2 Å². The average Bonchev–Trinajstić information content (AvgIpc) is 3.42. The number of pyridine rings is 1. The Morgan fingerprint density at radius 2 is 1.93 bits per heavy atom. The Kier molecular flexibility index (Phi) is 8.83. The molecule has 2 aromatic heterocycles. The van der Waals surface area contributed by atoms with Crippen LogP contribution in [0.5, 0.6) is 11.6 Å². The molecular formula is C30H29BrF3N7O2. The number of benzene rings is 2. The largest absolute Gasteiger partial charge is 0.438 e. The van der Waals surface area contributed by atoms with Gasteiger partial charge in [-0.2, -0.15) is 13.2 Å². The molecule has 0 saturated carbocycles. The number of carbonyl (C=O) groups excluding carboxylic acids is 1. The third kappa shape index (κ3) is 7.05. The van der Waals surface area contributed by atoms with Gasteiger partial charge in [0.15, 0.2) is 0 Å². The van der Waals surface area contributed by atoms with E-state index in [1.807, 2.05) is 19.0 Å². The lowest BCUT2D eigenvalue weighted by Gasteiger charge is -2.29. The third-order valence-corrected chi connectivity index (χ3v) is 7.60. The van der Waals surface area contributed by atoms with Crippen molar-refractivity contribution in [2.24, 2.45) is 0 Å². The topological polar surface area (TPSA) is 95.5 Å². The highest BCUT2D eigenvalue weighted by molar-refractivity contribution is 9.10. The summed E-state index contributed by atoms with van der Waals surface area (Å²) in [6.07, 6.45) is -0.539. The zero-order valence-electron chi connectivity index (χ0n) is 23.6. The van der Waals surface area contributed by atoms with Gasteiger partial charge in [0.2, 0.25) is 11.8 Å². The Morgan fingerprint density at radius 3 is 2.65 bits per heavy atom. The summed E-state index contributed by atoms with van der Waals surface area (Å²) in [6.45, 7) is 1.64. The van der Waals surface area contributed by atoms with Crippen LogP contribution in [0.4, 0.5) is 30.5 Å². The SMILES string of the molecule is CNc1nccc(-c2cccnc2Oc2cc(Br)cc(C(=O)Nc3cc(C(F)(F)F)ccc3N(C)C3CCN(C)C3)c2)n1. The number of hydrogen-bond donors (Lipinski definition) is 2. The van der Waals surface area contributed by atoms with E-state index in [-0.39, 0.29) is 28.9 Å². The van der Waals surface area contributed by atoms with Crippen molar-refractivity contribution in [3.63, 3.8) is 0 Å². The van der Waals surface area contributed by atoms with Crippen LogP contribution in [-0.4, -0.2) is 66.0 Å². The molecule has 224 valence electrons. The van der Waals surface area contributed by atoms with Gasteiger partial charge >= 0.3 is 6.18 Å². The van der Waals surface area contributed by atoms with Crippen molar-refractivity contribution in [1.82, 2.24) is 19.9 Å². The van der Waals surface area contributed by atoms with Crippen molar-refractivity contribution >= 4 is 39.2 Å². The molecule has 0 aliphatic carbocycles. The zero-order chi connectivity index (χ0) is 30.7. The molecule has 9 nitrogen and oxygen atoms in total. The van der Waals surface area contributed by atoms with Crippen LogP contribution in [-0.2, 0) is 6.18 Å². The molecule has 2 aromatic carbocycles. The van der Waals surface area contributed by atoms with Gasteiger partial charge in [-0.25, -0.2) is 15.0 Å². The van der Waals surface area contributed by atoms with Gasteiger partial charge < -0.3 is 25.2 Å². The summed E-state index contributed by atoms with van der Waals surface area (Å²) in [5, 5.41) is 5.61. The van der Waals surface area contributed by atoms with E-state index >= 15 is 0 Å². The number of likely N-dealkylation sites (N-methyl/N-ethyl adjacent to an activating group) is 2. The number of anilines is 3. The van der Waals surface area contributed by atoms with Crippen LogP contribution >= 0.6 is 15.9 Å². The number of nitrogens with one attached hydrogen (secondary N) is 2. The van der Waals surface area contributed by atoms with Crippen LogP contribution in [0, 0.1) is 0 Å². The highest BCUT2D eigenvalue weighted by atomic mass is 79.9. The minimum absolute atomic E-state index is 0.0652. The lowest BCUT2D eigenvalue weighted by atomic mass is 10.1. The summed E-state index contributed by atoms with van der Waals surface area (Å²) in [6, 6.07) is 13.5. The maximum absolute atomic E-state index is 13.7. The van der Waals surface area contributed by atoms with Crippen LogP contribution < -0.4 is 20.3 Å². The minimum atomic E-state index is -4.57. The van der Waals surface area contributed by atoms with Crippen molar-refractivity contribution in [2.75, 3.05) is 49.8 Å². The van der Waals surface area contributed by atoms with Gasteiger partial charge in [0, 0.05) is 49.1 Å². The molecule has 43 heavy (non-hydrogen) atoms. The molecule has 0 spiro atoms. The summed E-state index contributed by atoms with van der Waals surface area (Å²) in [4.78, 5) is 30.5. The first-order chi connectivity index (χ1) is 20.5. The molecule has 3 heterocycles. The van der Waals surface area contributed by atoms with E-state index in [4.69, 9.17) is 4.74 Å². The summed E-state index contributed by atoms with van der Waals surface area (Å²) < 4.78 is 47.6. The predicted molar refractivity (Wildman–Crippen MR) is 163 cm³/mol. The van der Waals surface area contributed by atoms with Crippen molar-refractivity contribution in [1.29, 1.82) is 0 Å². The van der Waals surface area contributed by atoms with Gasteiger partial charge in [-0.05, 0) is 74.6 Å². The first-order valence-corrected chi connectivity index (χ1v) is 14.2. The number of alkyl halides is 3. The zero-order valence-corrected chi connectivity index (χ0v) is 25.2. The van der Waals surface area contributed by atoms with Crippen LogP contribution in [0.25, 0.3) is 11.3 Å². The second kappa shape index (κ2) is 12.6. The maximum Gasteiger partial charge on any atom is 0.416 e. The molecule has 5 rings (SSSR count). The number of ether oxygens (including phenoxy) is 1. The van der Waals surface area contributed by atoms with Gasteiger partial charge in [-0.15, -0.1) is 0 Å². The summed E-state index contributed by atoms with van der Waals surface area (Å²) in [5.74, 6) is 0.362. The smallest absolute Gasteiger partial charge is 0.416 e. The molecule has 1 saturated heterocycles. The molecule has 1 unspecified atom stereocenters. The first kappa shape index (κ1) is 30.2. The highest BCUT2D eigenvalue weighted by Gasteiger charge is 2.33. The van der Waals surface area contributed by atoms with E-state index in [1.54, 1.807) is 49.8 Å². The van der Waals surface area contributed by atoms with Crippen LogP contribution in [0.15, 0.2) is 71.5 Å². The minimum Gasteiger partial charge on any atom is -0.438 e. The maximum atomic E-state index is 13.7. The van der Waals surface area contributed by atoms with E-state index in [9.17, 15) is 18.0 Å². The molecule has 1 fully saturated rings. The molecule has 0 bridgehead atoms. The fourth-order valence-corrected chi connectivity index (χ4v) is 5.37. The molecule has 1 aliphatic heterocycles. The van der Waals surface area contributed by atoms with Crippen LogP contribution in [0.1, 0.15) is 22.3 Å². The summed E-state index contributed by atoms with van der Waals surface area (Å²) in [5.41, 5.74) is 1.06. The van der Waals surface area contributed by atoms with E-state index in [2.05, 4.69) is 46.4 Å². The Hall–Kier alpha value is -4.23. The fourth-order valence-electron chi connectivity index (χ4n) is 4.90. The molecule has 13 heteroatoms. The van der Waals surface area contributed by atoms with E-state index in [1.165, 1.54) is 12.1 Å². The quantitative estimate of drug-likeness (QED) is 0.221. The van der Waals surface area contributed by atoms with Crippen LogP contribution in [0.2, 0.25) is 0 Å². The summed E-state index contributed by atoms with van der Waals surface area (Å²) in [7, 11) is 5.54. The first-order valence-electron chi connectivity index (χ1n) is 13.4. The number of hydrogen-bond acceptors (Lipinski definition) is 8. The standard InChI is InChI=1S/C30H29BrF3N7O2/c1-35-29-37-11-8-24(39-29)23-5-4-10-36-28(23)43-22-14-18(13-20(31)16-22)27(42)38-25-15-19(30(32,33)34)6-7-26(25)41(3)21-9-12-40(2)17-21/h4-8,10-11,13-16,21H,9,12,17H2,1-3H3,(H,38,42)(H,35,37,39). The van der Waals surface area contributed by atoms with Crippen LogP contribution in [0.3, 0.4) is 0 Å². The van der Waals surface area contributed by atoms with Gasteiger partial charge in [0.1, 0.15) is 5.75 Å². The molecular weight excluding hydrogens is 627 g/mol. The van der Waals surface area contributed by atoms with E-state index in [0.717, 1.165) is 31.6 Å². The van der Waals surface area contributed by atoms with Gasteiger partial charge in [-0.3, -0.25) is 4.79 Å². The number of amides is 1. The number of carbonyl (C=O) groups is 1. The lowest BCUT2D eigenvalue weighted by Crippen LogP contribution is -2.34. The molecule has 2 N–H and O–H groups in total. The normalized spacial score (nSPS) is 15.3. The second-order valence-corrected chi connectivity index (χ2v) is 11.1. The third-order valence-electron chi connectivity index (χ3n) is 7.14. The average molecular weight is 657 g/mol. The van der Waals surface area contributed by atoms with Crippen molar-refractivity contribution in [3.05, 3.63) is 82.6 Å². The molecule has 1 aliphatic rings. The van der Waals surface area contributed by atoms with E-state index in [0.29, 0.717) is 27.4 Å². The Bertz CT molecular complexity index is 1640. The number of rotatable bonds is 8. The number of halogens is 4. The Morgan fingerprint density at radius 1 is 1.12 bits per heavy atom. The summed E-state index contributed by atoms with van der Waals surface area (Å²) >= 11 is 3.42. The monoisotopic (exact) mass is 655 g/mol. The molecule has 1 amide bonds. The number of aromatic nitrogens is 3. The van der Waals surface area contributed by atoms with E-state index < -0.39 is 17.6 Å².